The third-order valence-electron chi connectivity index (χ3n) is 3.16. The summed E-state index contributed by atoms with van der Waals surface area (Å²) in [6.45, 7) is 2.03. The molecule has 0 bridgehead atoms. The first-order chi connectivity index (χ1) is 8.39. The van der Waals surface area contributed by atoms with Gasteiger partial charge in [0.15, 0.2) is 9.84 Å². The summed E-state index contributed by atoms with van der Waals surface area (Å²) < 4.78 is 54.1. The van der Waals surface area contributed by atoms with Crippen molar-refractivity contribution in [3.8, 4) is 0 Å². The van der Waals surface area contributed by atoms with Crippen molar-refractivity contribution in [2.45, 2.75) is 17.7 Å². The van der Waals surface area contributed by atoms with Crippen LogP contribution in [-0.2, 0) is 24.6 Å². The van der Waals surface area contributed by atoms with Crippen LogP contribution in [0.2, 0.25) is 0 Å². The van der Waals surface area contributed by atoms with E-state index in [1.807, 2.05) is 0 Å². The van der Waals surface area contributed by atoms with Crippen LogP contribution in [0.25, 0.3) is 0 Å². The Morgan fingerprint density at radius 3 is 2.72 bits per heavy atom. The minimum absolute atomic E-state index is 0.0383. The van der Waals surface area contributed by atoms with Gasteiger partial charge in [0.2, 0.25) is 10.0 Å². The Balaban J connectivity index is 1.87. The Morgan fingerprint density at radius 1 is 1.39 bits per heavy atom. The molecule has 2 saturated heterocycles. The van der Waals surface area contributed by atoms with Crippen LogP contribution in [0.3, 0.4) is 0 Å². The highest BCUT2D eigenvalue weighted by Crippen LogP contribution is 2.18. The number of sulfone groups is 1. The lowest BCUT2D eigenvalue weighted by Crippen LogP contribution is -2.49. The molecule has 2 aliphatic heterocycles. The molecule has 2 atom stereocenters. The molecule has 2 unspecified atom stereocenters. The molecule has 0 aliphatic carbocycles. The Hall–Kier alpha value is -0.220. The smallest absolute Gasteiger partial charge is 0.215 e. The van der Waals surface area contributed by atoms with Crippen molar-refractivity contribution in [2.75, 3.05) is 37.8 Å². The van der Waals surface area contributed by atoms with Gasteiger partial charge in [0.25, 0.3) is 0 Å². The van der Waals surface area contributed by atoms with E-state index in [9.17, 15) is 16.8 Å². The molecule has 0 aromatic carbocycles. The predicted molar refractivity (Wildman–Crippen MR) is 66.6 cm³/mol. The van der Waals surface area contributed by atoms with E-state index >= 15 is 0 Å². The van der Waals surface area contributed by atoms with Gasteiger partial charge in [0.05, 0.1) is 30.0 Å². The number of hydrogen-bond acceptors (Lipinski definition) is 6. The Bertz CT molecular complexity index is 481. The number of sulfonamides is 1. The average Bonchev–Trinajstić information content (AvgIpc) is 2.69. The summed E-state index contributed by atoms with van der Waals surface area (Å²) in [5, 5.41) is 2.32. The van der Waals surface area contributed by atoms with Crippen LogP contribution in [0.15, 0.2) is 0 Å². The molecule has 2 heterocycles. The zero-order chi connectivity index (χ0) is 13.2. The van der Waals surface area contributed by atoms with Gasteiger partial charge in [-0.2, -0.15) is 0 Å². The van der Waals surface area contributed by atoms with Crippen LogP contribution in [0, 0.1) is 0 Å². The zero-order valence-electron chi connectivity index (χ0n) is 9.96. The Labute approximate surface area is 107 Å². The first-order valence-electron chi connectivity index (χ1n) is 5.89. The lowest BCUT2D eigenvalue weighted by atomic mass is 10.3. The fourth-order valence-corrected chi connectivity index (χ4v) is 6.22. The standard InChI is InChI=1S/C9H18N2O5S2/c12-17(13)4-1-9(7-17)18(14,15)11-5-8-6-16-3-2-10-8/h8-11H,1-7H2. The second-order valence-corrected chi connectivity index (χ2v) is 8.92. The summed E-state index contributed by atoms with van der Waals surface area (Å²) in [6.07, 6.45) is 0.187. The van der Waals surface area contributed by atoms with E-state index < -0.39 is 25.1 Å². The molecule has 106 valence electrons. The van der Waals surface area contributed by atoms with Crippen LogP contribution in [-0.4, -0.2) is 65.9 Å². The maximum Gasteiger partial charge on any atom is 0.215 e. The van der Waals surface area contributed by atoms with Gasteiger partial charge in [0, 0.05) is 19.1 Å². The molecule has 9 heteroatoms. The third kappa shape index (κ3) is 3.64. The summed E-state index contributed by atoms with van der Waals surface area (Å²) in [5.74, 6) is -0.305. The van der Waals surface area contributed by atoms with E-state index in [2.05, 4.69) is 10.0 Å². The van der Waals surface area contributed by atoms with Gasteiger partial charge in [-0.05, 0) is 6.42 Å². The topological polar surface area (TPSA) is 102 Å². The minimum Gasteiger partial charge on any atom is -0.378 e. The number of nitrogens with one attached hydrogen (secondary N) is 2. The van der Waals surface area contributed by atoms with Crippen LogP contribution in [0.5, 0.6) is 0 Å². The fraction of sp³-hybridized carbons (Fsp3) is 1.00. The second-order valence-electron chi connectivity index (χ2n) is 4.64. The SMILES string of the molecule is O=S1(=O)CCC(S(=O)(=O)NCC2COCCN2)C1. The molecular weight excluding hydrogens is 280 g/mol. The van der Waals surface area contributed by atoms with E-state index in [4.69, 9.17) is 4.74 Å². The van der Waals surface area contributed by atoms with E-state index in [-0.39, 0.29) is 30.5 Å². The molecule has 7 nitrogen and oxygen atoms in total. The lowest BCUT2D eigenvalue weighted by Gasteiger charge is -2.24. The van der Waals surface area contributed by atoms with Gasteiger partial charge in [-0.1, -0.05) is 0 Å². The van der Waals surface area contributed by atoms with Crippen LogP contribution in [0.1, 0.15) is 6.42 Å². The van der Waals surface area contributed by atoms with Gasteiger partial charge < -0.3 is 10.1 Å². The normalized spacial score (nSPS) is 32.4. The first-order valence-corrected chi connectivity index (χ1v) is 9.26. The molecule has 0 spiro atoms. The van der Waals surface area contributed by atoms with E-state index in [1.165, 1.54) is 0 Å². The molecule has 0 aromatic rings. The number of hydrogen-bond donors (Lipinski definition) is 2. The van der Waals surface area contributed by atoms with Gasteiger partial charge in [-0.25, -0.2) is 21.6 Å². The van der Waals surface area contributed by atoms with E-state index in [1.54, 1.807) is 0 Å². The van der Waals surface area contributed by atoms with Gasteiger partial charge >= 0.3 is 0 Å². The van der Waals surface area contributed by atoms with Crippen molar-refractivity contribution < 1.29 is 21.6 Å². The Kier molecular flexibility index (Phi) is 4.27. The van der Waals surface area contributed by atoms with Crippen molar-refractivity contribution in [1.29, 1.82) is 0 Å². The van der Waals surface area contributed by atoms with Crippen LogP contribution < -0.4 is 10.0 Å². The number of rotatable bonds is 4. The molecular formula is C9H18N2O5S2. The molecule has 2 aliphatic rings. The second kappa shape index (κ2) is 5.41. The number of morpholine rings is 1. The molecule has 2 fully saturated rings. The molecule has 0 amide bonds. The van der Waals surface area contributed by atoms with Crippen molar-refractivity contribution in [2.24, 2.45) is 0 Å². The van der Waals surface area contributed by atoms with Crippen LogP contribution >= 0.6 is 0 Å². The molecule has 18 heavy (non-hydrogen) atoms. The third-order valence-corrected chi connectivity index (χ3v) is 6.99. The summed E-state index contributed by atoms with van der Waals surface area (Å²) in [5.41, 5.74) is 0. The predicted octanol–water partition coefficient (Wildman–Crippen LogP) is -1.92. The van der Waals surface area contributed by atoms with Gasteiger partial charge in [-0.3, -0.25) is 0 Å². The monoisotopic (exact) mass is 298 g/mol. The zero-order valence-corrected chi connectivity index (χ0v) is 11.6. The van der Waals surface area contributed by atoms with Crippen molar-refractivity contribution >= 4 is 19.9 Å². The van der Waals surface area contributed by atoms with E-state index in [0.717, 1.165) is 0 Å². The molecule has 0 saturated carbocycles. The summed E-state index contributed by atoms with van der Waals surface area (Å²) >= 11 is 0. The largest absolute Gasteiger partial charge is 0.378 e. The van der Waals surface area contributed by atoms with Crippen LogP contribution in [0.4, 0.5) is 0 Å². The summed E-state index contributed by atoms with van der Waals surface area (Å²) in [7, 11) is -6.74. The van der Waals surface area contributed by atoms with E-state index in [0.29, 0.717) is 19.8 Å². The quantitative estimate of drug-likeness (QED) is 0.627. The fourth-order valence-electron chi connectivity index (χ4n) is 2.09. The lowest BCUT2D eigenvalue weighted by molar-refractivity contribution is 0.0784. The van der Waals surface area contributed by atoms with Crippen molar-refractivity contribution in [1.82, 2.24) is 10.0 Å². The first kappa shape index (κ1) is 14.2. The number of ether oxygens (including phenoxy) is 1. The summed E-state index contributed by atoms with van der Waals surface area (Å²) in [6, 6.07) is -0.0495. The molecule has 0 aromatic heterocycles. The minimum atomic E-state index is -3.56. The highest BCUT2D eigenvalue weighted by Gasteiger charge is 2.37. The highest BCUT2D eigenvalue weighted by atomic mass is 32.2. The average molecular weight is 298 g/mol. The molecule has 2 rings (SSSR count). The maximum atomic E-state index is 11.9. The summed E-state index contributed by atoms with van der Waals surface area (Å²) in [4.78, 5) is 0. The Morgan fingerprint density at radius 2 is 2.17 bits per heavy atom. The highest BCUT2D eigenvalue weighted by molar-refractivity contribution is 7.95. The van der Waals surface area contributed by atoms with Gasteiger partial charge in [-0.15, -0.1) is 0 Å². The van der Waals surface area contributed by atoms with Crippen molar-refractivity contribution in [3.63, 3.8) is 0 Å². The van der Waals surface area contributed by atoms with Gasteiger partial charge in [0.1, 0.15) is 0 Å². The molecule has 2 N–H and O–H groups in total. The molecule has 0 radical (unpaired) electrons. The maximum absolute atomic E-state index is 11.9. The van der Waals surface area contributed by atoms with Crippen molar-refractivity contribution in [3.05, 3.63) is 0 Å².